The average Bonchev–Trinajstić information content (AvgIpc) is 2.77. The van der Waals surface area contributed by atoms with Gasteiger partial charge in [-0.05, 0) is 54.9 Å². The second-order valence-corrected chi connectivity index (χ2v) is 7.14. The van der Waals surface area contributed by atoms with Crippen LogP contribution in [0.15, 0.2) is 37.8 Å². The Morgan fingerprint density at radius 3 is 2.68 bits per heavy atom. The number of oxazole rings is 1. The Labute approximate surface area is 130 Å². The number of nitrogens with one attached hydrogen (secondary N) is 1. The third-order valence-electron chi connectivity index (χ3n) is 2.51. The molecule has 0 aliphatic carbocycles. The lowest BCUT2D eigenvalue weighted by Crippen LogP contribution is -2.35. The molecule has 0 saturated heterocycles. The second kappa shape index (κ2) is 5.77. The molecule has 0 atom stereocenters. The largest absolute Gasteiger partial charge is 0.444 e. The molecule has 1 N–H and O–H groups in total. The van der Waals surface area contributed by atoms with E-state index >= 15 is 0 Å². The molecule has 19 heavy (non-hydrogen) atoms. The summed E-state index contributed by atoms with van der Waals surface area (Å²) in [4.78, 5) is 4.51. The molecule has 0 radical (unpaired) electrons. The molecule has 0 aliphatic rings. The topological polar surface area (TPSA) is 38.1 Å². The van der Waals surface area contributed by atoms with E-state index in [9.17, 15) is 0 Å². The Morgan fingerprint density at radius 1 is 1.26 bits per heavy atom. The first-order valence-electron chi connectivity index (χ1n) is 6.00. The van der Waals surface area contributed by atoms with Crippen LogP contribution in [0.3, 0.4) is 0 Å². The molecule has 2 rings (SSSR count). The SMILES string of the molecule is CC(C)(C)NCc1coc(-c2cc(Br)ccc2Br)n1. The van der Waals surface area contributed by atoms with Crippen molar-refractivity contribution >= 4 is 31.9 Å². The predicted molar refractivity (Wildman–Crippen MR) is 83.9 cm³/mol. The Morgan fingerprint density at radius 2 is 2.00 bits per heavy atom. The molecule has 1 heterocycles. The van der Waals surface area contributed by atoms with Gasteiger partial charge in [-0.25, -0.2) is 4.98 Å². The molecule has 2 aromatic rings. The molecule has 1 aromatic heterocycles. The minimum atomic E-state index is 0.0650. The lowest BCUT2D eigenvalue weighted by molar-refractivity contribution is 0.421. The summed E-state index contributed by atoms with van der Waals surface area (Å²) in [6, 6.07) is 5.92. The van der Waals surface area contributed by atoms with Gasteiger partial charge in [0.2, 0.25) is 5.89 Å². The molecule has 0 bridgehead atoms. The van der Waals surface area contributed by atoms with E-state index in [0.717, 1.165) is 20.2 Å². The molecule has 0 spiro atoms. The highest BCUT2D eigenvalue weighted by Gasteiger charge is 2.13. The van der Waals surface area contributed by atoms with E-state index in [4.69, 9.17) is 4.42 Å². The zero-order valence-electron chi connectivity index (χ0n) is 11.1. The average molecular weight is 388 g/mol. The number of hydrogen-bond donors (Lipinski definition) is 1. The van der Waals surface area contributed by atoms with Crippen molar-refractivity contribution in [2.75, 3.05) is 0 Å². The molecule has 102 valence electrons. The maximum atomic E-state index is 5.55. The number of rotatable bonds is 3. The second-order valence-electron chi connectivity index (χ2n) is 5.37. The zero-order chi connectivity index (χ0) is 14.0. The van der Waals surface area contributed by atoms with Crippen molar-refractivity contribution in [2.24, 2.45) is 0 Å². The maximum absolute atomic E-state index is 5.55. The van der Waals surface area contributed by atoms with Crippen LogP contribution in [0.1, 0.15) is 26.5 Å². The Kier molecular flexibility index (Phi) is 4.48. The Balaban J connectivity index is 2.19. The fraction of sp³-hybridized carbons (Fsp3) is 0.357. The highest BCUT2D eigenvalue weighted by atomic mass is 79.9. The third kappa shape index (κ3) is 4.16. The quantitative estimate of drug-likeness (QED) is 0.825. The lowest BCUT2D eigenvalue weighted by atomic mass is 10.1. The van der Waals surface area contributed by atoms with Crippen LogP contribution in [0, 0.1) is 0 Å². The molecule has 5 heteroatoms. The number of aromatic nitrogens is 1. The van der Waals surface area contributed by atoms with Crippen molar-refractivity contribution in [3.8, 4) is 11.5 Å². The standard InChI is InChI=1S/C14H16Br2N2O/c1-14(2,3)17-7-10-8-19-13(18-10)11-6-9(15)4-5-12(11)16/h4-6,8,17H,7H2,1-3H3. The molecule has 0 fully saturated rings. The van der Waals surface area contributed by atoms with Crippen LogP contribution in [0.2, 0.25) is 0 Å². The van der Waals surface area contributed by atoms with Gasteiger partial charge in [-0.2, -0.15) is 0 Å². The Hall–Kier alpha value is -0.650. The minimum Gasteiger partial charge on any atom is -0.444 e. The highest BCUT2D eigenvalue weighted by molar-refractivity contribution is 9.11. The minimum absolute atomic E-state index is 0.0650. The summed E-state index contributed by atoms with van der Waals surface area (Å²) in [6.45, 7) is 7.06. The molecule has 3 nitrogen and oxygen atoms in total. The van der Waals surface area contributed by atoms with Crippen LogP contribution in [-0.4, -0.2) is 10.5 Å². The number of benzene rings is 1. The van der Waals surface area contributed by atoms with Crippen LogP contribution < -0.4 is 5.32 Å². The van der Waals surface area contributed by atoms with E-state index < -0.39 is 0 Å². The smallest absolute Gasteiger partial charge is 0.227 e. The summed E-state index contributed by atoms with van der Waals surface area (Å²) in [5, 5.41) is 3.39. The molecule has 1 aromatic carbocycles. The molecule has 0 aliphatic heterocycles. The van der Waals surface area contributed by atoms with E-state index in [2.05, 4.69) is 62.9 Å². The molecule has 0 saturated carbocycles. The molecular weight excluding hydrogens is 372 g/mol. The van der Waals surface area contributed by atoms with E-state index in [-0.39, 0.29) is 5.54 Å². The van der Waals surface area contributed by atoms with Gasteiger partial charge in [0, 0.05) is 21.0 Å². The van der Waals surface area contributed by atoms with Crippen molar-refractivity contribution in [3.05, 3.63) is 39.1 Å². The van der Waals surface area contributed by atoms with Gasteiger partial charge in [-0.1, -0.05) is 15.9 Å². The maximum Gasteiger partial charge on any atom is 0.227 e. The van der Waals surface area contributed by atoms with Gasteiger partial charge in [0.1, 0.15) is 6.26 Å². The normalized spacial score (nSPS) is 11.8. The first-order chi connectivity index (χ1) is 8.85. The van der Waals surface area contributed by atoms with Crippen LogP contribution >= 0.6 is 31.9 Å². The number of halogens is 2. The fourth-order valence-corrected chi connectivity index (χ4v) is 2.31. The van der Waals surface area contributed by atoms with Gasteiger partial charge in [0.15, 0.2) is 0 Å². The van der Waals surface area contributed by atoms with Gasteiger partial charge >= 0.3 is 0 Å². The van der Waals surface area contributed by atoms with Crippen molar-refractivity contribution < 1.29 is 4.42 Å². The first-order valence-corrected chi connectivity index (χ1v) is 7.58. The van der Waals surface area contributed by atoms with Crippen LogP contribution in [-0.2, 0) is 6.54 Å². The summed E-state index contributed by atoms with van der Waals surface area (Å²) >= 11 is 6.97. The summed E-state index contributed by atoms with van der Waals surface area (Å²) in [5.41, 5.74) is 1.91. The third-order valence-corrected chi connectivity index (χ3v) is 3.70. The fourth-order valence-electron chi connectivity index (χ4n) is 1.53. The van der Waals surface area contributed by atoms with Crippen LogP contribution in [0.4, 0.5) is 0 Å². The number of hydrogen-bond acceptors (Lipinski definition) is 3. The van der Waals surface area contributed by atoms with E-state index in [1.54, 1.807) is 6.26 Å². The van der Waals surface area contributed by atoms with Gasteiger partial charge in [-0.15, -0.1) is 0 Å². The summed E-state index contributed by atoms with van der Waals surface area (Å²) in [6.07, 6.45) is 1.70. The lowest BCUT2D eigenvalue weighted by Gasteiger charge is -2.19. The van der Waals surface area contributed by atoms with E-state index in [1.807, 2.05) is 18.2 Å². The van der Waals surface area contributed by atoms with Crippen LogP contribution in [0.5, 0.6) is 0 Å². The monoisotopic (exact) mass is 386 g/mol. The van der Waals surface area contributed by atoms with Crippen molar-refractivity contribution in [2.45, 2.75) is 32.9 Å². The first kappa shape index (κ1) is 14.8. The summed E-state index contributed by atoms with van der Waals surface area (Å²) < 4.78 is 7.51. The van der Waals surface area contributed by atoms with Gasteiger partial charge in [0.25, 0.3) is 0 Å². The van der Waals surface area contributed by atoms with Gasteiger partial charge < -0.3 is 9.73 Å². The van der Waals surface area contributed by atoms with Gasteiger partial charge in [-0.3, -0.25) is 0 Å². The molecule has 0 unspecified atom stereocenters. The van der Waals surface area contributed by atoms with Crippen LogP contribution in [0.25, 0.3) is 11.5 Å². The van der Waals surface area contributed by atoms with Crippen molar-refractivity contribution in [1.29, 1.82) is 0 Å². The van der Waals surface area contributed by atoms with Gasteiger partial charge in [0.05, 0.1) is 11.3 Å². The van der Waals surface area contributed by atoms with Crippen molar-refractivity contribution in [1.82, 2.24) is 10.3 Å². The summed E-state index contributed by atoms with van der Waals surface area (Å²) in [7, 11) is 0. The zero-order valence-corrected chi connectivity index (χ0v) is 14.3. The molecule has 0 amide bonds. The Bertz CT molecular complexity index is 573. The predicted octanol–water partition coefficient (Wildman–Crippen LogP) is 4.75. The van der Waals surface area contributed by atoms with Crippen molar-refractivity contribution in [3.63, 3.8) is 0 Å². The summed E-state index contributed by atoms with van der Waals surface area (Å²) in [5.74, 6) is 0.624. The number of nitrogens with zero attached hydrogens (tertiary/aromatic N) is 1. The highest BCUT2D eigenvalue weighted by Crippen LogP contribution is 2.30. The van der Waals surface area contributed by atoms with E-state index in [1.165, 1.54) is 0 Å². The van der Waals surface area contributed by atoms with E-state index in [0.29, 0.717) is 12.4 Å². The molecular formula is C14H16Br2N2O.